The molecule has 0 aliphatic heterocycles. The zero-order valence-electron chi connectivity index (χ0n) is 10.9. The summed E-state index contributed by atoms with van der Waals surface area (Å²) in [5.74, 6) is 0.468. The second kappa shape index (κ2) is 6.38. The summed E-state index contributed by atoms with van der Waals surface area (Å²) in [6.45, 7) is 1.64. The molecule has 0 fully saturated rings. The first-order valence-corrected chi connectivity index (χ1v) is 6.57. The van der Waals surface area contributed by atoms with Gasteiger partial charge in [0, 0.05) is 4.47 Å². The topological polar surface area (TPSA) is 89.1 Å². The summed E-state index contributed by atoms with van der Waals surface area (Å²) in [6, 6.07) is 7.36. The molecule has 0 saturated carbocycles. The number of hydrogen-bond acceptors (Lipinski definition) is 5. The van der Waals surface area contributed by atoms with Crippen LogP contribution >= 0.6 is 15.9 Å². The predicted octanol–water partition coefficient (Wildman–Crippen LogP) is 1.98. The van der Waals surface area contributed by atoms with Gasteiger partial charge in [-0.3, -0.25) is 10.1 Å². The number of H-pyrrole nitrogens is 1. The van der Waals surface area contributed by atoms with E-state index in [9.17, 15) is 4.79 Å². The van der Waals surface area contributed by atoms with Crippen molar-refractivity contribution in [1.29, 1.82) is 0 Å². The van der Waals surface area contributed by atoms with Crippen molar-refractivity contribution in [2.24, 2.45) is 0 Å². The summed E-state index contributed by atoms with van der Waals surface area (Å²) in [6.07, 6.45) is -0.674. The normalized spacial score (nSPS) is 11.8. The molecule has 2 aromatic rings. The summed E-state index contributed by atoms with van der Waals surface area (Å²) in [4.78, 5) is 15.8. The van der Waals surface area contributed by atoms with Gasteiger partial charge < -0.3 is 9.47 Å². The van der Waals surface area contributed by atoms with Crippen molar-refractivity contribution in [2.45, 2.75) is 13.0 Å². The van der Waals surface area contributed by atoms with E-state index in [-0.39, 0.29) is 17.9 Å². The molecule has 2 N–H and O–H groups in total. The molecule has 1 amide bonds. The smallest absolute Gasteiger partial charge is 0.336 e. The van der Waals surface area contributed by atoms with Gasteiger partial charge in [0.05, 0.1) is 7.11 Å². The maximum Gasteiger partial charge on any atom is 0.336 e. The predicted molar refractivity (Wildman–Crippen MR) is 75.8 cm³/mol. The molecule has 106 valence electrons. The lowest BCUT2D eigenvalue weighted by molar-refractivity contribution is -0.122. The molecule has 1 aromatic heterocycles. The molecule has 1 heterocycles. The van der Waals surface area contributed by atoms with E-state index in [2.05, 4.69) is 36.4 Å². The number of anilines is 1. The highest BCUT2D eigenvalue weighted by molar-refractivity contribution is 9.10. The molecule has 20 heavy (non-hydrogen) atoms. The van der Waals surface area contributed by atoms with Crippen LogP contribution in [0.15, 0.2) is 28.7 Å². The third-order valence-corrected chi connectivity index (χ3v) is 2.91. The fourth-order valence-corrected chi connectivity index (χ4v) is 1.65. The van der Waals surface area contributed by atoms with Gasteiger partial charge in [0.1, 0.15) is 5.75 Å². The Bertz CT molecular complexity index is 585. The molecule has 0 bridgehead atoms. The highest BCUT2D eigenvalue weighted by atomic mass is 79.9. The van der Waals surface area contributed by atoms with Crippen molar-refractivity contribution in [3.8, 4) is 11.8 Å². The number of carbonyl (C=O) groups excluding carboxylic acids is 1. The lowest BCUT2D eigenvalue weighted by Gasteiger charge is -2.13. The third kappa shape index (κ3) is 3.70. The maximum absolute atomic E-state index is 11.9. The van der Waals surface area contributed by atoms with E-state index in [1.165, 1.54) is 7.11 Å². The van der Waals surface area contributed by atoms with Crippen LogP contribution in [0.2, 0.25) is 0 Å². The average Bonchev–Trinajstić information content (AvgIpc) is 2.89. The molecule has 0 aliphatic rings. The van der Waals surface area contributed by atoms with Crippen LogP contribution in [0.5, 0.6) is 11.8 Å². The zero-order chi connectivity index (χ0) is 14.5. The summed E-state index contributed by atoms with van der Waals surface area (Å²) < 4.78 is 11.3. The SMILES string of the molecule is COc1n[nH]c(NC(=O)C(C)Oc2ccc(Br)cc2)n1. The Balaban J connectivity index is 1.93. The number of ether oxygens (including phenoxy) is 2. The number of hydrogen-bond donors (Lipinski definition) is 2. The number of nitrogens with zero attached hydrogens (tertiary/aromatic N) is 2. The van der Waals surface area contributed by atoms with Gasteiger partial charge in [-0.15, -0.1) is 5.10 Å². The summed E-state index contributed by atoms with van der Waals surface area (Å²) >= 11 is 3.33. The number of nitrogens with one attached hydrogen (secondary N) is 2. The van der Waals surface area contributed by atoms with Gasteiger partial charge in [-0.25, -0.2) is 5.10 Å². The molecule has 1 unspecified atom stereocenters. The standard InChI is InChI=1S/C12H13BrN4O3/c1-7(20-9-5-3-8(13)4-6-9)10(18)14-11-15-12(19-2)17-16-11/h3-7H,1-2H3,(H2,14,15,16,17,18). The fourth-order valence-electron chi connectivity index (χ4n) is 1.38. The van der Waals surface area contributed by atoms with E-state index in [4.69, 9.17) is 9.47 Å². The van der Waals surface area contributed by atoms with Crippen molar-refractivity contribution in [3.05, 3.63) is 28.7 Å². The highest BCUT2D eigenvalue weighted by Gasteiger charge is 2.16. The van der Waals surface area contributed by atoms with Crippen molar-refractivity contribution < 1.29 is 14.3 Å². The molecular weight excluding hydrogens is 328 g/mol. The molecular formula is C12H13BrN4O3. The Morgan fingerprint density at radius 1 is 1.40 bits per heavy atom. The van der Waals surface area contributed by atoms with E-state index in [0.717, 1.165) is 4.47 Å². The van der Waals surface area contributed by atoms with Gasteiger partial charge in [-0.05, 0) is 31.2 Å². The van der Waals surface area contributed by atoms with E-state index >= 15 is 0 Å². The Labute approximate surface area is 123 Å². The summed E-state index contributed by atoms with van der Waals surface area (Å²) in [7, 11) is 1.44. The summed E-state index contributed by atoms with van der Waals surface area (Å²) in [5, 5.41) is 8.80. The van der Waals surface area contributed by atoms with Gasteiger partial charge in [0.15, 0.2) is 6.10 Å². The van der Waals surface area contributed by atoms with Crippen LogP contribution < -0.4 is 14.8 Å². The van der Waals surface area contributed by atoms with E-state index in [1.54, 1.807) is 19.1 Å². The van der Waals surface area contributed by atoms with Crippen LogP contribution in [0.3, 0.4) is 0 Å². The highest BCUT2D eigenvalue weighted by Crippen LogP contribution is 2.17. The van der Waals surface area contributed by atoms with Crippen LogP contribution in [0.4, 0.5) is 5.95 Å². The first kappa shape index (κ1) is 14.3. The lowest BCUT2D eigenvalue weighted by Crippen LogP contribution is -2.30. The van der Waals surface area contributed by atoms with Crippen molar-refractivity contribution in [2.75, 3.05) is 12.4 Å². The molecule has 7 nitrogen and oxygen atoms in total. The molecule has 1 aromatic carbocycles. The van der Waals surface area contributed by atoms with E-state index < -0.39 is 6.10 Å². The molecule has 8 heteroatoms. The minimum atomic E-state index is -0.674. The van der Waals surface area contributed by atoms with Gasteiger partial charge >= 0.3 is 6.01 Å². The first-order chi connectivity index (χ1) is 9.58. The number of carbonyl (C=O) groups is 1. The quantitative estimate of drug-likeness (QED) is 0.868. The van der Waals surface area contributed by atoms with Crippen LogP contribution in [-0.4, -0.2) is 34.3 Å². The Morgan fingerprint density at radius 2 is 2.10 bits per heavy atom. The number of rotatable bonds is 5. The zero-order valence-corrected chi connectivity index (χ0v) is 12.5. The van der Waals surface area contributed by atoms with Crippen LogP contribution in [-0.2, 0) is 4.79 Å². The first-order valence-electron chi connectivity index (χ1n) is 5.78. The molecule has 0 spiro atoms. The van der Waals surface area contributed by atoms with Crippen LogP contribution in [0.1, 0.15) is 6.92 Å². The average molecular weight is 341 g/mol. The molecule has 1 atom stereocenters. The van der Waals surface area contributed by atoms with E-state index in [1.807, 2.05) is 12.1 Å². The minimum Gasteiger partial charge on any atom is -0.481 e. The van der Waals surface area contributed by atoms with Crippen LogP contribution in [0, 0.1) is 0 Å². The second-order valence-electron chi connectivity index (χ2n) is 3.87. The number of aromatic nitrogens is 3. The maximum atomic E-state index is 11.9. The van der Waals surface area contributed by atoms with Crippen molar-refractivity contribution in [1.82, 2.24) is 15.2 Å². The third-order valence-electron chi connectivity index (χ3n) is 2.38. The number of aromatic amines is 1. The second-order valence-corrected chi connectivity index (χ2v) is 4.79. The van der Waals surface area contributed by atoms with Crippen LogP contribution in [0.25, 0.3) is 0 Å². The van der Waals surface area contributed by atoms with Crippen molar-refractivity contribution in [3.63, 3.8) is 0 Å². The minimum absolute atomic E-state index is 0.154. The monoisotopic (exact) mass is 340 g/mol. The fraction of sp³-hybridized carbons (Fsp3) is 0.250. The Morgan fingerprint density at radius 3 is 2.70 bits per heavy atom. The van der Waals surface area contributed by atoms with Gasteiger partial charge in [-0.2, -0.15) is 4.98 Å². The Hall–Kier alpha value is -2.09. The lowest BCUT2D eigenvalue weighted by atomic mass is 10.3. The molecule has 0 aliphatic carbocycles. The molecule has 0 saturated heterocycles. The number of benzene rings is 1. The van der Waals surface area contributed by atoms with Crippen molar-refractivity contribution >= 4 is 27.8 Å². The number of halogens is 1. The van der Waals surface area contributed by atoms with Gasteiger partial charge in [0.25, 0.3) is 5.91 Å². The van der Waals surface area contributed by atoms with Gasteiger partial charge in [-0.1, -0.05) is 15.9 Å². The largest absolute Gasteiger partial charge is 0.481 e. The Kier molecular flexibility index (Phi) is 4.57. The summed E-state index contributed by atoms with van der Waals surface area (Å²) in [5.41, 5.74) is 0. The number of methoxy groups -OCH3 is 1. The molecule has 2 rings (SSSR count). The molecule has 0 radical (unpaired) electrons. The van der Waals surface area contributed by atoms with Gasteiger partial charge in [0.2, 0.25) is 5.95 Å². The van der Waals surface area contributed by atoms with E-state index in [0.29, 0.717) is 5.75 Å². The number of amides is 1.